The van der Waals surface area contributed by atoms with Crippen LogP contribution in [-0.2, 0) is 6.54 Å². The van der Waals surface area contributed by atoms with Gasteiger partial charge in [0.2, 0.25) is 5.65 Å². The summed E-state index contributed by atoms with van der Waals surface area (Å²) in [7, 11) is 0. The minimum atomic E-state index is -2.77. The highest BCUT2D eigenvalue weighted by Crippen LogP contribution is 2.32. The number of rotatable bonds is 5. The van der Waals surface area contributed by atoms with Gasteiger partial charge in [0.25, 0.3) is 18.7 Å². The molecule has 6 nitrogen and oxygen atoms in total. The van der Waals surface area contributed by atoms with Crippen LogP contribution in [0.1, 0.15) is 12.1 Å². The summed E-state index contributed by atoms with van der Waals surface area (Å²) in [4.78, 5) is 15.6. The molecule has 0 unspecified atom stereocenters. The lowest BCUT2D eigenvalue weighted by Gasteiger charge is -2.10. The standard InChI is InChI=1S/C19H12F4N6/c1-24-16-7-25-15-6-5-11(8-29(15)16)18-17(26-10-28(18)9-14(20)21)12-3-2-4-13(27-12)19(22)23/h2-8,10,14,19H,9H2. The maximum atomic E-state index is 13.1. The molecule has 0 saturated carbocycles. The van der Waals surface area contributed by atoms with Gasteiger partial charge in [0.05, 0.1) is 36.7 Å². The SMILES string of the molecule is [C-]#[N+]c1cnc2ccc(-c3c(-c4cccc(C(F)F)n4)ncn3CC(F)F)cn12. The first-order chi connectivity index (χ1) is 14.0. The van der Waals surface area contributed by atoms with Crippen LogP contribution < -0.4 is 0 Å². The summed E-state index contributed by atoms with van der Waals surface area (Å²) in [5, 5.41) is 0. The van der Waals surface area contributed by atoms with Gasteiger partial charge >= 0.3 is 0 Å². The fourth-order valence-electron chi connectivity index (χ4n) is 3.05. The fourth-order valence-corrected chi connectivity index (χ4v) is 3.05. The van der Waals surface area contributed by atoms with Crippen LogP contribution in [0.15, 0.2) is 49.1 Å². The van der Waals surface area contributed by atoms with Gasteiger partial charge in [-0.3, -0.25) is 0 Å². The van der Waals surface area contributed by atoms with E-state index in [1.165, 1.54) is 39.7 Å². The summed E-state index contributed by atoms with van der Waals surface area (Å²) in [5.41, 5.74) is 1.17. The summed E-state index contributed by atoms with van der Waals surface area (Å²) >= 11 is 0. The Labute approximate surface area is 161 Å². The molecule has 146 valence electrons. The van der Waals surface area contributed by atoms with Crippen molar-refractivity contribution in [2.75, 3.05) is 0 Å². The molecule has 29 heavy (non-hydrogen) atoms. The van der Waals surface area contributed by atoms with Crippen molar-refractivity contribution in [2.45, 2.75) is 19.4 Å². The first kappa shape index (κ1) is 18.6. The van der Waals surface area contributed by atoms with Crippen molar-refractivity contribution in [3.05, 3.63) is 66.2 Å². The Morgan fingerprint density at radius 3 is 2.62 bits per heavy atom. The summed E-state index contributed by atoms with van der Waals surface area (Å²) < 4.78 is 55.1. The molecule has 0 amide bonds. The van der Waals surface area contributed by atoms with E-state index in [0.717, 1.165) is 0 Å². The number of pyridine rings is 2. The molecule has 4 heterocycles. The Morgan fingerprint density at radius 2 is 1.90 bits per heavy atom. The number of hydrogen-bond acceptors (Lipinski definition) is 3. The molecule has 0 bridgehead atoms. The minimum Gasteiger partial charge on any atom is -0.362 e. The van der Waals surface area contributed by atoms with E-state index in [1.807, 2.05) is 0 Å². The van der Waals surface area contributed by atoms with Gasteiger partial charge in [-0.1, -0.05) is 12.6 Å². The smallest absolute Gasteiger partial charge is 0.280 e. The lowest BCUT2D eigenvalue weighted by atomic mass is 10.1. The van der Waals surface area contributed by atoms with Crippen LogP contribution in [0.25, 0.3) is 33.1 Å². The van der Waals surface area contributed by atoms with Crippen LogP contribution in [0.5, 0.6) is 0 Å². The Morgan fingerprint density at radius 1 is 1.07 bits per heavy atom. The number of halogens is 4. The molecule has 0 aliphatic carbocycles. The largest absolute Gasteiger partial charge is 0.362 e. The van der Waals surface area contributed by atoms with Gasteiger partial charge in [-0.25, -0.2) is 36.9 Å². The second kappa shape index (κ2) is 7.35. The van der Waals surface area contributed by atoms with Gasteiger partial charge in [-0.05, 0) is 18.2 Å². The molecule has 10 heteroatoms. The van der Waals surface area contributed by atoms with E-state index < -0.39 is 25.1 Å². The summed E-state index contributed by atoms with van der Waals surface area (Å²) in [6.07, 6.45) is -1.22. The average molecular weight is 400 g/mol. The van der Waals surface area contributed by atoms with E-state index >= 15 is 0 Å². The quantitative estimate of drug-likeness (QED) is 0.349. The molecule has 0 fully saturated rings. The van der Waals surface area contributed by atoms with Gasteiger partial charge in [0.1, 0.15) is 11.4 Å². The van der Waals surface area contributed by atoms with Crippen LogP contribution in [0, 0.1) is 6.57 Å². The van der Waals surface area contributed by atoms with Gasteiger partial charge in [0.15, 0.2) is 0 Å². The lowest BCUT2D eigenvalue weighted by molar-refractivity contribution is 0.127. The monoisotopic (exact) mass is 400 g/mol. The van der Waals surface area contributed by atoms with Crippen LogP contribution >= 0.6 is 0 Å². The first-order valence-electron chi connectivity index (χ1n) is 8.41. The normalized spacial score (nSPS) is 11.5. The highest BCUT2D eigenvalue weighted by Gasteiger charge is 2.21. The Kier molecular flexibility index (Phi) is 4.72. The number of fused-ring (bicyclic) bond motifs is 1. The lowest BCUT2D eigenvalue weighted by Crippen LogP contribution is -2.07. The number of nitrogens with zero attached hydrogens (tertiary/aromatic N) is 6. The molecule has 0 aliphatic heterocycles. The molecule has 4 aromatic rings. The molecule has 0 atom stereocenters. The van der Waals surface area contributed by atoms with Gasteiger partial charge in [-0.15, -0.1) is 0 Å². The maximum absolute atomic E-state index is 13.1. The number of imidazole rings is 2. The fraction of sp³-hybridized carbons (Fsp3) is 0.158. The van der Waals surface area contributed by atoms with E-state index in [4.69, 9.17) is 6.57 Å². The van der Waals surface area contributed by atoms with Gasteiger partial charge in [-0.2, -0.15) is 0 Å². The highest BCUT2D eigenvalue weighted by molar-refractivity contribution is 5.77. The van der Waals surface area contributed by atoms with Crippen molar-refractivity contribution in [3.63, 3.8) is 0 Å². The predicted octanol–water partition coefficient (Wildman–Crippen LogP) is 5.01. The molecule has 0 radical (unpaired) electrons. The zero-order valence-corrected chi connectivity index (χ0v) is 14.7. The van der Waals surface area contributed by atoms with Crippen molar-refractivity contribution >= 4 is 11.5 Å². The maximum Gasteiger partial charge on any atom is 0.280 e. The zero-order valence-electron chi connectivity index (χ0n) is 14.7. The average Bonchev–Trinajstić information content (AvgIpc) is 3.30. The molecule has 0 spiro atoms. The van der Waals surface area contributed by atoms with Crippen molar-refractivity contribution < 1.29 is 17.6 Å². The van der Waals surface area contributed by atoms with E-state index in [0.29, 0.717) is 11.2 Å². The summed E-state index contributed by atoms with van der Waals surface area (Å²) in [6, 6.07) is 7.37. The molecule has 0 saturated heterocycles. The van der Waals surface area contributed by atoms with E-state index in [9.17, 15) is 17.6 Å². The summed E-state index contributed by atoms with van der Waals surface area (Å²) in [5.74, 6) is 0.251. The van der Waals surface area contributed by atoms with Crippen LogP contribution in [-0.4, -0.2) is 30.3 Å². The van der Waals surface area contributed by atoms with Crippen molar-refractivity contribution in [1.29, 1.82) is 0 Å². The van der Waals surface area contributed by atoms with Crippen LogP contribution in [0.3, 0.4) is 0 Å². The van der Waals surface area contributed by atoms with Crippen molar-refractivity contribution in [2.24, 2.45) is 0 Å². The predicted molar refractivity (Wildman–Crippen MR) is 96.9 cm³/mol. The molecule has 4 rings (SSSR count). The summed E-state index contributed by atoms with van der Waals surface area (Å²) in [6.45, 7) is 6.60. The number of hydrogen-bond donors (Lipinski definition) is 0. The van der Waals surface area contributed by atoms with E-state index in [2.05, 4.69) is 19.8 Å². The molecule has 0 aliphatic rings. The topological polar surface area (TPSA) is 52.4 Å². The zero-order chi connectivity index (χ0) is 20.5. The first-order valence-corrected chi connectivity index (χ1v) is 8.41. The second-order valence-corrected chi connectivity index (χ2v) is 6.11. The molecular formula is C19H12F4N6. The Hall–Kier alpha value is -3.74. The third kappa shape index (κ3) is 3.42. The van der Waals surface area contributed by atoms with E-state index in [1.54, 1.807) is 18.3 Å². The third-order valence-corrected chi connectivity index (χ3v) is 4.28. The van der Waals surface area contributed by atoms with Crippen LogP contribution in [0.4, 0.5) is 23.4 Å². The molecule has 4 aromatic heterocycles. The Bertz CT molecular complexity index is 1220. The minimum absolute atomic E-state index is 0.141. The van der Waals surface area contributed by atoms with Gasteiger partial charge in [0, 0.05) is 11.6 Å². The van der Waals surface area contributed by atoms with E-state index in [-0.39, 0.29) is 22.9 Å². The number of aromatic nitrogens is 5. The van der Waals surface area contributed by atoms with Crippen LogP contribution in [0.2, 0.25) is 0 Å². The number of alkyl halides is 4. The highest BCUT2D eigenvalue weighted by atomic mass is 19.3. The van der Waals surface area contributed by atoms with Crippen molar-refractivity contribution in [1.82, 2.24) is 23.9 Å². The third-order valence-electron chi connectivity index (χ3n) is 4.28. The van der Waals surface area contributed by atoms with Gasteiger partial charge < -0.3 is 9.41 Å². The second-order valence-electron chi connectivity index (χ2n) is 6.11. The Balaban J connectivity index is 1.93. The molecule has 0 N–H and O–H groups in total. The molecule has 0 aromatic carbocycles. The molecular weight excluding hydrogens is 388 g/mol. The van der Waals surface area contributed by atoms with Crippen molar-refractivity contribution in [3.8, 4) is 22.6 Å².